The first-order chi connectivity index (χ1) is 22.5. The molecule has 256 valence electrons. The molecular weight excluding hydrogens is 633 g/mol. The number of hydrogen-bond donors (Lipinski definition) is 7. The first kappa shape index (κ1) is 37.2. The number of aliphatic hydroxyl groups is 1. The van der Waals surface area contributed by atoms with Gasteiger partial charge in [0.2, 0.25) is 24.1 Å². The van der Waals surface area contributed by atoms with Gasteiger partial charge in [-0.2, -0.15) is 0 Å². The molecule has 15 nitrogen and oxygen atoms in total. The lowest BCUT2D eigenvalue weighted by Gasteiger charge is -2.22. The minimum atomic E-state index is -4.65. The molecule has 0 bridgehead atoms. The zero-order valence-electron chi connectivity index (χ0n) is 26.3. The molecule has 3 aromatic rings. The van der Waals surface area contributed by atoms with Gasteiger partial charge in [-0.05, 0) is 41.7 Å². The van der Waals surface area contributed by atoms with Crippen LogP contribution in [0.3, 0.4) is 0 Å². The number of H-pyrrole nitrogens is 1. The monoisotopic (exact) mass is 675 g/mol. The molecule has 0 aliphatic carbocycles. The predicted octanol–water partition coefficient (Wildman–Crippen LogP) is 1.29. The van der Waals surface area contributed by atoms with E-state index in [9.17, 15) is 28.6 Å². The minimum absolute atomic E-state index is 0.00615. The largest absolute Gasteiger partial charge is 0.489 e. The van der Waals surface area contributed by atoms with Crippen molar-refractivity contribution in [1.29, 1.82) is 0 Å². The quantitative estimate of drug-likeness (QED) is 0.0488. The summed E-state index contributed by atoms with van der Waals surface area (Å²) in [5.41, 5.74) is 2.59. The first-order valence-corrected chi connectivity index (χ1v) is 16.6. The molecule has 0 saturated carbocycles. The second-order valence-electron chi connectivity index (χ2n) is 10.9. The van der Waals surface area contributed by atoms with Gasteiger partial charge in [-0.3, -0.25) is 28.2 Å². The number of rotatable bonds is 21. The van der Waals surface area contributed by atoms with Crippen LogP contribution in [0.15, 0.2) is 54.7 Å². The number of phosphoric ester groups is 1. The Labute approximate surface area is 272 Å². The first-order valence-electron chi connectivity index (χ1n) is 15.1. The van der Waals surface area contributed by atoms with Crippen molar-refractivity contribution >= 4 is 42.9 Å². The van der Waals surface area contributed by atoms with Crippen LogP contribution in [0.5, 0.6) is 5.75 Å². The molecule has 3 rings (SSSR count). The van der Waals surface area contributed by atoms with E-state index in [-0.39, 0.29) is 50.8 Å². The summed E-state index contributed by atoms with van der Waals surface area (Å²) >= 11 is 0. The van der Waals surface area contributed by atoms with Gasteiger partial charge in [-0.1, -0.05) is 44.2 Å². The molecule has 2 aromatic carbocycles. The van der Waals surface area contributed by atoms with E-state index in [1.165, 1.54) is 0 Å². The van der Waals surface area contributed by atoms with Crippen molar-refractivity contribution in [2.45, 2.75) is 45.4 Å². The van der Waals surface area contributed by atoms with Gasteiger partial charge in [0, 0.05) is 36.8 Å². The van der Waals surface area contributed by atoms with Crippen molar-refractivity contribution in [3.63, 3.8) is 0 Å². The molecule has 0 saturated heterocycles. The standard InChI is InChI=1S/C31H42N5O10P/c1-21(2)29(31(41)33-12-14-45-47(42,43)46-19-27(35-20-38)30(40)32-11-6-13-37)36-28(39)15-23-17-34-26-10-9-24(16-25(23)26)44-18-22-7-4-3-5-8-22/h3-5,7-10,16-17,20-21,27,29,34,37H,6,11-15,18-19H2,1-2H3,(H,32,40)(H,33,41)(H,35,38)(H,36,39)(H,42,43)/t27-,29-/m0/s1. The Balaban J connectivity index is 1.47. The molecule has 1 aromatic heterocycles. The van der Waals surface area contributed by atoms with Crippen molar-refractivity contribution < 1.29 is 47.5 Å². The number of aromatic amines is 1. The average Bonchev–Trinajstić information content (AvgIpc) is 3.44. The number of phosphoric acid groups is 1. The van der Waals surface area contributed by atoms with Crippen LogP contribution in [0.4, 0.5) is 0 Å². The number of ether oxygens (including phenoxy) is 1. The Morgan fingerprint density at radius 2 is 1.77 bits per heavy atom. The van der Waals surface area contributed by atoms with Gasteiger partial charge < -0.3 is 41.0 Å². The Bertz CT molecular complexity index is 1520. The number of carbonyl (C=O) groups excluding carboxylic acids is 4. The summed E-state index contributed by atoms with van der Waals surface area (Å²) in [6.07, 6.45) is 2.27. The van der Waals surface area contributed by atoms with E-state index in [0.29, 0.717) is 12.4 Å². The van der Waals surface area contributed by atoms with E-state index < -0.39 is 44.9 Å². The van der Waals surface area contributed by atoms with Gasteiger partial charge in [-0.25, -0.2) is 4.57 Å². The molecule has 0 fully saturated rings. The van der Waals surface area contributed by atoms with Crippen LogP contribution < -0.4 is 26.0 Å². The number of aromatic nitrogens is 1. The maximum absolute atomic E-state index is 13.0. The highest BCUT2D eigenvalue weighted by atomic mass is 31.2. The number of aliphatic hydroxyl groups excluding tert-OH is 1. The average molecular weight is 676 g/mol. The second-order valence-corrected chi connectivity index (χ2v) is 12.3. The molecular formula is C31H42N5O10P. The van der Waals surface area contributed by atoms with Crippen molar-refractivity contribution in [3.8, 4) is 5.75 Å². The molecule has 1 unspecified atom stereocenters. The third-order valence-electron chi connectivity index (χ3n) is 6.88. The number of carbonyl (C=O) groups is 4. The molecule has 0 spiro atoms. The van der Waals surface area contributed by atoms with E-state index in [1.807, 2.05) is 48.5 Å². The smallest absolute Gasteiger partial charge is 0.472 e. The molecule has 16 heteroatoms. The van der Waals surface area contributed by atoms with Gasteiger partial charge >= 0.3 is 7.82 Å². The summed E-state index contributed by atoms with van der Waals surface area (Å²) in [6, 6.07) is 13.2. The number of amides is 4. The Morgan fingerprint density at radius 1 is 1.02 bits per heavy atom. The fraction of sp³-hybridized carbons (Fsp3) is 0.419. The Morgan fingerprint density at radius 3 is 2.47 bits per heavy atom. The normalized spacial score (nSPS) is 13.7. The molecule has 1 heterocycles. The lowest BCUT2D eigenvalue weighted by atomic mass is 10.0. The summed E-state index contributed by atoms with van der Waals surface area (Å²) in [6.45, 7) is 2.65. The van der Waals surface area contributed by atoms with Gasteiger partial charge in [0.05, 0.1) is 19.6 Å². The zero-order chi connectivity index (χ0) is 34.2. The highest BCUT2D eigenvalue weighted by molar-refractivity contribution is 7.47. The third-order valence-corrected chi connectivity index (χ3v) is 7.87. The van der Waals surface area contributed by atoms with E-state index in [0.717, 1.165) is 22.0 Å². The van der Waals surface area contributed by atoms with Crippen LogP contribution in [-0.2, 0) is 45.8 Å². The van der Waals surface area contributed by atoms with Crippen LogP contribution in [-0.4, -0.2) is 84.1 Å². The summed E-state index contributed by atoms with van der Waals surface area (Å²) in [5.74, 6) is -1.20. The van der Waals surface area contributed by atoms with Crippen molar-refractivity contribution in [2.75, 3.05) is 32.9 Å². The summed E-state index contributed by atoms with van der Waals surface area (Å²) in [4.78, 5) is 61.9. The molecule has 4 amide bonds. The van der Waals surface area contributed by atoms with Gasteiger partial charge in [-0.15, -0.1) is 0 Å². The van der Waals surface area contributed by atoms with Crippen LogP contribution >= 0.6 is 7.82 Å². The zero-order valence-corrected chi connectivity index (χ0v) is 27.2. The van der Waals surface area contributed by atoms with Gasteiger partial charge in [0.25, 0.3) is 0 Å². The predicted molar refractivity (Wildman–Crippen MR) is 172 cm³/mol. The Kier molecular flexibility index (Phi) is 14.9. The molecule has 7 N–H and O–H groups in total. The number of benzene rings is 2. The van der Waals surface area contributed by atoms with Gasteiger partial charge in [0.1, 0.15) is 24.4 Å². The summed E-state index contributed by atoms with van der Waals surface area (Å²) in [7, 11) is -4.65. The van der Waals surface area contributed by atoms with Crippen LogP contribution in [0, 0.1) is 5.92 Å². The molecule has 0 aliphatic heterocycles. The van der Waals surface area contributed by atoms with Crippen LogP contribution in [0.1, 0.15) is 31.4 Å². The fourth-order valence-corrected chi connectivity index (χ4v) is 5.15. The van der Waals surface area contributed by atoms with Gasteiger partial charge in [0.15, 0.2) is 0 Å². The minimum Gasteiger partial charge on any atom is -0.489 e. The third kappa shape index (κ3) is 12.5. The molecule has 3 atom stereocenters. The highest BCUT2D eigenvalue weighted by Crippen LogP contribution is 2.42. The second kappa shape index (κ2) is 18.8. The number of fused-ring (bicyclic) bond motifs is 1. The Hall–Kier alpha value is -4.27. The number of nitrogens with one attached hydrogen (secondary N) is 5. The SMILES string of the molecule is CC(C)[C@H](NC(=O)Cc1c[nH]c2ccc(OCc3ccccc3)cc12)C(=O)NCCOP(=O)(O)OC[C@H](NC=O)C(=O)NCCCO. The number of hydrogen-bond acceptors (Lipinski definition) is 9. The molecule has 0 aliphatic rings. The van der Waals surface area contributed by atoms with E-state index in [2.05, 4.69) is 26.3 Å². The topological polar surface area (TPSA) is 217 Å². The van der Waals surface area contributed by atoms with Crippen molar-refractivity contribution in [2.24, 2.45) is 5.92 Å². The lowest BCUT2D eigenvalue weighted by molar-refractivity contribution is -0.129. The van der Waals surface area contributed by atoms with E-state index in [4.69, 9.17) is 18.9 Å². The molecule has 0 radical (unpaired) electrons. The highest BCUT2D eigenvalue weighted by Gasteiger charge is 2.28. The van der Waals surface area contributed by atoms with Crippen molar-refractivity contribution in [1.82, 2.24) is 26.3 Å². The van der Waals surface area contributed by atoms with E-state index in [1.54, 1.807) is 20.0 Å². The van der Waals surface area contributed by atoms with Crippen molar-refractivity contribution in [3.05, 3.63) is 65.9 Å². The fourth-order valence-electron chi connectivity index (χ4n) is 4.41. The molecule has 47 heavy (non-hydrogen) atoms. The van der Waals surface area contributed by atoms with Crippen LogP contribution in [0.2, 0.25) is 0 Å². The lowest BCUT2D eigenvalue weighted by Crippen LogP contribution is -2.50. The van der Waals surface area contributed by atoms with Crippen LogP contribution in [0.25, 0.3) is 10.9 Å². The van der Waals surface area contributed by atoms with E-state index >= 15 is 0 Å². The maximum atomic E-state index is 13.0. The summed E-state index contributed by atoms with van der Waals surface area (Å²) < 4.78 is 27.9. The maximum Gasteiger partial charge on any atom is 0.472 e. The summed E-state index contributed by atoms with van der Waals surface area (Å²) in [5, 5.41) is 19.6.